The molecule has 2 amide bonds. The zero-order valence-electron chi connectivity index (χ0n) is 11.8. The number of carbonyl (C=O) groups is 2. The fraction of sp³-hybridized carbons (Fsp3) is 0.615. The lowest BCUT2D eigenvalue weighted by Crippen LogP contribution is -2.67. The van der Waals surface area contributed by atoms with Crippen LogP contribution in [0.4, 0.5) is 0 Å². The lowest BCUT2D eigenvalue weighted by molar-refractivity contribution is -0.152. The highest BCUT2D eigenvalue weighted by Gasteiger charge is 2.42. The van der Waals surface area contributed by atoms with Crippen molar-refractivity contribution in [3.8, 4) is 0 Å². The van der Waals surface area contributed by atoms with E-state index in [1.54, 1.807) is 36.5 Å². The molecule has 1 aromatic heterocycles. The van der Waals surface area contributed by atoms with Gasteiger partial charge in [0.05, 0.1) is 0 Å². The summed E-state index contributed by atoms with van der Waals surface area (Å²) < 4.78 is 1.78. The van der Waals surface area contributed by atoms with Gasteiger partial charge in [0.2, 0.25) is 11.8 Å². The summed E-state index contributed by atoms with van der Waals surface area (Å²) >= 11 is 0. The van der Waals surface area contributed by atoms with E-state index in [9.17, 15) is 9.59 Å². The predicted molar refractivity (Wildman–Crippen MR) is 70.3 cm³/mol. The van der Waals surface area contributed by atoms with Gasteiger partial charge in [0.15, 0.2) is 0 Å². The van der Waals surface area contributed by atoms with Gasteiger partial charge in [-0.25, -0.2) is 0 Å². The summed E-state index contributed by atoms with van der Waals surface area (Å²) in [6.07, 6.45) is 2.42. The van der Waals surface area contributed by atoms with E-state index in [2.05, 4.69) is 10.4 Å². The van der Waals surface area contributed by atoms with Crippen LogP contribution < -0.4 is 5.32 Å². The van der Waals surface area contributed by atoms with Crippen molar-refractivity contribution in [2.24, 2.45) is 7.05 Å². The zero-order valence-corrected chi connectivity index (χ0v) is 11.8. The topological polar surface area (TPSA) is 67.2 Å². The number of nitrogens with zero attached hydrogens (tertiary/aromatic N) is 3. The molecule has 19 heavy (non-hydrogen) atoms. The lowest BCUT2D eigenvalue weighted by atomic mass is 9.97. The number of hydrogen-bond donors (Lipinski definition) is 1. The standard InChI is InChI=1S/C13H20N4O2/c1-9-11(18)15-13(2,3)12(19)17(9)8-6-10-5-7-14-16(10)4/h5,7,9H,6,8H2,1-4H3,(H,15,18). The third-order valence-electron chi connectivity index (χ3n) is 3.61. The summed E-state index contributed by atoms with van der Waals surface area (Å²) in [4.78, 5) is 25.9. The smallest absolute Gasteiger partial charge is 0.248 e. The Balaban J connectivity index is 2.11. The van der Waals surface area contributed by atoms with Gasteiger partial charge >= 0.3 is 0 Å². The first-order valence-electron chi connectivity index (χ1n) is 6.43. The van der Waals surface area contributed by atoms with Gasteiger partial charge in [0, 0.05) is 31.9 Å². The fourth-order valence-corrected chi connectivity index (χ4v) is 2.32. The summed E-state index contributed by atoms with van der Waals surface area (Å²) in [5, 5.41) is 6.84. The van der Waals surface area contributed by atoms with Crippen molar-refractivity contribution >= 4 is 11.8 Å². The van der Waals surface area contributed by atoms with Crippen LogP contribution in [-0.2, 0) is 23.1 Å². The van der Waals surface area contributed by atoms with Gasteiger partial charge in [-0.05, 0) is 26.8 Å². The van der Waals surface area contributed by atoms with Crippen molar-refractivity contribution < 1.29 is 9.59 Å². The average Bonchev–Trinajstić information content (AvgIpc) is 2.72. The molecule has 1 N–H and O–H groups in total. The minimum absolute atomic E-state index is 0.0400. The Morgan fingerprint density at radius 1 is 1.42 bits per heavy atom. The zero-order chi connectivity index (χ0) is 14.2. The van der Waals surface area contributed by atoms with Crippen molar-refractivity contribution in [2.45, 2.75) is 38.8 Å². The molecule has 0 saturated carbocycles. The Kier molecular flexibility index (Phi) is 3.34. The highest BCUT2D eigenvalue weighted by atomic mass is 16.2. The largest absolute Gasteiger partial charge is 0.340 e. The van der Waals surface area contributed by atoms with Gasteiger partial charge < -0.3 is 10.2 Å². The molecule has 1 aliphatic heterocycles. The number of rotatable bonds is 3. The first-order chi connectivity index (χ1) is 8.83. The van der Waals surface area contributed by atoms with Crippen molar-refractivity contribution in [1.29, 1.82) is 0 Å². The van der Waals surface area contributed by atoms with E-state index in [0.717, 1.165) is 5.69 Å². The molecule has 0 radical (unpaired) electrons. The minimum Gasteiger partial charge on any atom is -0.340 e. The number of hydrogen-bond acceptors (Lipinski definition) is 3. The summed E-state index contributed by atoms with van der Waals surface area (Å²) in [7, 11) is 1.87. The average molecular weight is 264 g/mol. The van der Waals surface area contributed by atoms with E-state index in [1.165, 1.54) is 0 Å². The van der Waals surface area contributed by atoms with Crippen LogP contribution in [0.25, 0.3) is 0 Å². The van der Waals surface area contributed by atoms with Crippen LogP contribution in [0.5, 0.6) is 0 Å². The molecule has 2 heterocycles. The van der Waals surface area contributed by atoms with Gasteiger partial charge in [0.1, 0.15) is 11.6 Å². The lowest BCUT2D eigenvalue weighted by Gasteiger charge is -2.41. The molecule has 1 aliphatic rings. The third-order valence-corrected chi connectivity index (χ3v) is 3.61. The first-order valence-corrected chi connectivity index (χ1v) is 6.43. The maximum absolute atomic E-state index is 12.3. The molecule has 0 bridgehead atoms. The second kappa shape index (κ2) is 4.68. The van der Waals surface area contributed by atoms with Crippen molar-refractivity contribution in [2.75, 3.05) is 6.54 Å². The number of piperazine rings is 1. The van der Waals surface area contributed by atoms with Crippen molar-refractivity contribution in [1.82, 2.24) is 20.0 Å². The SMILES string of the molecule is CC1C(=O)NC(C)(C)C(=O)N1CCc1ccnn1C. The normalized spacial score (nSPS) is 22.5. The van der Waals surface area contributed by atoms with Crippen LogP contribution in [-0.4, -0.2) is 44.6 Å². The second-order valence-corrected chi connectivity index (χ2v) is 5.48. The monoisotopic (exact) mass is 264 g/mol. The van der Waals surface area contributed by atoms with Crippen LogP contribution in [0.15, 0.2) is 12.3 Å². The Labute approximate surface area is 112 Å². The number of nitrogens with one attached hydrogen (secondary N) is 1. The highest BCUT2D eigenvalue weighted by Crippen LogP contribution is 2.18. The third kappa shape index (κ3) is 2.47. The van der Waals surface area contributed by atoms with E-state index < -0.39 is 11.6 Å². The van der Waals surface area contributed by atoms with E-state index in [4.69, 9.17) is 0 Å². The maximum atomic E-state index is 12.3. The molecule has 1 atom stereocenters. The summed E-state index contributed by atoms with van der Waals surface area (Å²) in [5.74, 6) is -0.142. The Morgan fingerprint density at radius 3 is 2.68 bits per heavy atom. The van der Waals surface area contributed by atoms with Gasteiger partial charge in [-0.1, -0.05) is 0 Å². The maximum Gasteiger partial charge on any atom is 0.248 e. The fourth-order valence-electron chi connectivity index (χ4n) is 2.32. The molecule has 6 heteroatoms. The van der Waals surface area contributed by atoms with Crippen molar-refractivity contribution in [3.05, 3.63) is 18.0 Å². The van der Waals surface area contributed by atoms with E-state index in [-0.39, 0.29) is 11.8 Å². The minimum atomic E-state index is -0.823. The van der Waals surface area contributed by atoms with Crippen LogP contribution in [0.2, 0.25) is 0 Å². The Hall–Kier alpha value is -1.85. The molecule has 0 spiro atoms. The van der Waals surface area contributed by atoms with Crippen LogP contribution >= 0.6 is 0 Å². The van der Waals surface area contributed by atoms with Gasteiger partial charge in [-0.15, -0.1) is 0 Å². The van der Waals surface area contributed by atoms with Crippen LogP contribution in [0.1, 0.15) is 26.5 Å². The first kappa shape index (κ1) is 13.6. The van der Waals surface area contributed by atoms with Gasteiger partial charge in [-0.3, -0.25) is 14.3 Å². The molecule has 1 unspecified atom stereocenters. The molecular weight excluding hydrogens is 244 g/mol. The molecule has 0 aliphatic carbocycles. The van der Waals surface area contributed by atoms with E-state index >= 15 is 0 Å². The van der Waals surface area contributed by atoms with Gasteiger partial charge in [0.25, 0.3) is 0 Å². The Bertz CT molecular complexity index is 506. The molecule has 1 aromatic rings. The molecular formula is C13H20N4O2. The van der Waals surface area contributed by atoms with E-state index in [1.807, 2.05) is 13.1 Å². The highest BCUT2D eigenvalue weighted by molar-refractivity contribution is 5.99. The molecule has 6 nitrogen and oxygen atoms in total. The predicted octanol–water partition coefficient (Wildman–Crippen LogP) is 0.0881. The summed E-state index contributed by atoms with van der Waals surface area (Å²) in [5.41, 5.74) is 0.222. The molecule has 1 saturated heterocycles. The number of aromatic nitrogens is 2. The summed E-state index contributed by atoms with van der Waals surface area (Å²) in [6, 6.07) is 1.50. The van der Waals surface area contributed by atoms with Crippen molar-refractivity contribution in [3.63, 3.8) is 0 Å². The Morgan fingerprint density at radius 2 is 2.11 bits per heavy atom. The molecule has 1 fully saturated rings. The van der Waals surface area contributed by atoms with E-state index in [0.29, 0.717) is 13.0 Å². The van der Waals surface area contributed by atoms with Crippen LogP contribution in [0.3, 0.4) is 0 Å². The molecule has 0 aromatic carbocycles. The second-order valence-electron chi connectivity index (χ2n) is 5.48. The van der Waals surface area contributed by atoms with Crippen LogP contribution in [0, 0.1) is 0 Å². The molecule has 2 rings (SSSR count). The molecule has 104 valence electrons. The number of amides is 2. The number of aryl methyl sites for hydroxylation is 1. The number of carbonyl (C=O) groups excluding carboxylic acids is 2. The van der Waals surface area contributed by atoms with Gasteiger partial charge in [-0.2, -0.15) is 5.10 Å². The quantitative estimate of drug-likeness (QED) is 0.841. The summed E-state index contributed by atoms with van der Waals surface area (Å²) in [6.45, 7) is 5.74.